The van der Waals surface area contributed by atoms with E-state index in [1.54, 1.807) is 0 Å². The van der Waals surface area contributed by atoms with Crippen molar-refractivity contribution in [1.82, 2.24) is 10.6 Å². The van der Waals surface area contributed by atoms with Gasteiger partial charge >= 0.3 is 5.97 Å². The Labute approximate surface area is 87.4 Å². The van der Waals surface area contributed by atoms with Crippen molar-refractivity contribution in [3.8, 4) is 0 Å². The van der Waals surface area contributed by atoms with Crippen molar-refractivity contribution in [1.29, 1.82) is 0 Å². The van der Waals surface area contributed by atoms with Gasteiger partial charge < -0.3 is 15.4 Å². The summed E-state index contributed by atoms with van der Waals surface area (Å²) in [6.07, 6.45) is 0.689. The van der Waals surface area contributed by atoms with Gasteiger partial charge in [0, 0.05) is 26.3 Å². The lowest BCUT2D eigenvalue weighted by Crippen LogP contribution is -2.39. The topological polar surface area (TPSA) is 84.5 Å². The van der Waals surface area contributed by atoms with E-state index < -0.39 is 6.04 Å². The number of hydrogen-bond acceptors (Lipinski definition) is 4. The first-order valence-electron chi connectivity index (χ1n) is 4.80. The molecule has 84 valence electrons. The Morgan fingerprint density at radius 2 is 2.27 bits per heavy atom. The first kappa shape index (κ1) is 11.5. The molecule has 2 amide bonds. The minimum atomic E-state index is -0.519. The Morgan fingerprint density at radius 1 is 1.53 bits per heavy atom. The number of hydrogen-bond donors (Lipinski definition) is 2. The van der Waals surface area contributed by atoms with Crippen LogP contribution in [0.2, 0.25) is 0 Å². The van der Waals surface area contributed by atoms with Crippen LogP contribution in [0.15, 0.2) is 0 Å². The molecule has 0 aromatic rings. The summed E-state index contributed by atoms with van der Waals surface area (Å²) in [5.74, 6) is -0.821. The molecular weight excluding hydrogens is 200 g/mol. The zero-order valence-corrected chi connectivity index (χ0v) is 8.54. The lowest BCUT2D eigenvalue weighted by atomic mass is 10.2. The van der Waals surface area contributed by atoms with E-state index in [9.17, 15) is 14.4 Å². The maximum atomic E-state index is 11.3. The highest BCUT2D eigenvalue weighted by Crippen LogP contribution is 2.05. The minimum Gasteiger partial charge on any atom is -0.464 e. The summed E-state index contributed by atoms with van der Waals surface area (Å²) in [4.78, 5) is 32.7. The van der Waals surface area contributed by atoms with Gasteiger partial charge in [0.25, 0.3) is 0 Å². The lowest BCUT2D eigenvalue weighted by molar-refractivity contribution is -0.141. The zero-order valence-electron chi connectivity index (χ0n) is 8.54. The number of carbonyl (C=O) groups is 3. The molecule has 15 heavy (non-hydrogen) atoms. The molecule has 1 saturated heterocycles. The molecule has 1 aliphatic heterocycles. The molecule has 2 N–H and O–H groups in total. The Bertz CT molecular complexity index is 277. The van der Waals surface area contributed by atoms with Crippen LogP contribution in [0.3, 0.4) is 0 Å². The number of rotatable bonds is 4. The van der Waals surface area contributed by atoms with Crippen LogP contribution in [0, 0.1) is 0 Å². The fraction of sp³-hybridized carbons (Fsp3) is 0.667. The second-order valence-electron chi connectivity index (χ2n) is 3.31. The molecule has 1 unspecified atom stereocenters. The number of amides is 2. The van der Waals surface area contributed by atoms with Gasteiger partial charge in [0.15, 0.2) is 0 Å². The fourth-order valence-electron chi connectivity index (χ4n) is 1.25. The standard InChI is InChI=1S/C9H14N2O4/c1-6(12)10-4-2-8(13)11-7-3-5-15-9(7)14/h7H,2-5H2,1H3,(H,10,12)(H,11,13). The third-order valence-electron chi connectivity index (χ3n) is 2.00. The van der Waals surface area contributed by atoms with Crippen LogP contribution in [0.25, 0.3) is 0 Å². The molecule has 1 atom stereocenters. The molecule has 0 bridgehead atoms. The van der Waals surface area contributed by atoms with Gasteiger partial charge in [0.05, 0.1) is 6.61 Å². The third kappa shape index (κ3) is 3.97. The van der Waals surface area contributed by atoms with Crippen molar-refractivity contribution >= 4 is 17.8 Å². The van der Waals surface area contributed by atoms with Gasteiger partial charge in [-0.1, -0.05) is 0 Å². The van der Waals surface area contributed by atoms with Crippen LogP contribution in [0.5, 0.6) is 0 Å². The molecule has 0 aromatic heterocycles. The molecule has 1 aliphatic rings. The second-order valence-corrected chi connectivity index (χ2v) is 3.31. The van der Waals surface area contributed by atoms with Crippen molar-refractivity contribution in [2.24, 2.45) is 0 Å². The van der Waals surface area contributed by atoms with Crippen LogP contribution in [0.4, 0.5) is 0 Å². The van der Waals surface area contributed by atoms with Crippen LogP contribution in [-0.4, -0.2) is 37.0 Å². The van der Waals surface area contributed by atoms with E-state index in [4.69, 9.17) is 0 Å². The smallest absolute Gasteiger partial charge is 0.328 e. The highest BCUT2D eigenvalue weighted by molar-refractivity contribution is 5.85. The van der Waals surface area contributed by atoms with Gasteiger partial charge in [0.2, 0.25) is 11.8 Å². The van der Waals surface area contributed by atoms with E-state index in [0.29, 0.717) is 13.0 Å². The maximum Gasteiger partial charge on any atom is 0.328 e. The maximum absolute atomic E-state index is 11.3. The summed E-state index contributed by atoms with van der Waals surface area (Å²) in [5, 5.41) is 5.03. The summed E-state index contributed by atoms with van der Waals surface area (Å²) in [7, 11) is 0. The van der Waals surface area contributed by atoms with Gasteiger partial charge in [-0.05, 0) is 0 Å². The average Bonchev–Trinajstić information content (AvgIpc) is 2.51. The molecule has 1 heterocycles. The average molecular weight is 214 g/mol. The van der Waals surface area contributed by atoms with Crippen LogP contribution >= 0.6 is 0 Å². The Morgan fingerprint density at radius 3 is 2.80 bits per heavy atom. The number of nitrogens with one attached hydrogen (secondary N) is 2. The minimum absolute atomic E-state index is 0.170. The summed E-state index contributed by atoms with van der Waals surface area (Å²) >= 11 is 0. The molecular formula is C9H14N2O4. The van der Waals surface area contributed by atoms with Crippen molar-refractivity contribution in [3.05, 3.63) is 0 Å². The van der Waals surface area contributed by atoms with Crippen LogP contribution < -0.4 is 10.6 Å². The molecule has 1 rings (SSSR count). The highest BCUT2D eigenvalue weighted by Gasteiger charge is 2.27. The van der Waals surface area contributed by atoms with Gasteiger partial charge in [-0.3, -0.25) is 9.59 Å². The third-order valence-corrected chi connectivity index (χ3v) is 2.00. The van der Waals surface area contributed by atoms with E-state index in [-0.39, 0.29) is 30.7 Å². The molecule has 0 saturated carbocycles. The van der Waals surface area contributed by atoms with Crippen molar-refractivity contribution in [2.45, 2.75) is 25.8 Å². The molecule has 6 heteroatoms. The quantitative estimate of drug-likeness (QED) is 0.584. The van der Waals surface area contributed by atoms with Crippen LogP contribution in [0.1, 0.15) is 19.8 Å². The van der Waals surface area contributed by atoms with Crippen molar-refractivity contribution in [3.63, 3.8) is 0 Å². The Kier molecular flexibility index (Phi) is 4.08. The number of carbonyl (C=O) groups excluding carboxylic acids is 3. The van der Waals surface area contributed by atoms with Crippen molar-refractivity contribution < 1.29 is 19.1 Å². The fourth-order valence-corrected chi connectivity index (χ4v) is 1.25. The summed E-state index contributed by atoms with van der Waals surface area (Å²) in [6, 6.07) is -0.519. The molecule has 0 spiro atoms. The Hall–Kier alpha value is -1.59. The first-order valence-corrected chi connectivity index (χ1v) is 4.80. The van der Waals surface area contributed by atoms with E-state index in [1.165, 1.54) is 6.92 Å². The van der Waals surface area contributed by atoms with Crippen molar-refractivity contribution in [2.75, 3.05) is 13.2 Å². The number of ether oxygens (including phenoxy) is 1. The first-order chi connectivity index (χ1) is 7.09. The molecule has 6 nitrogen and oxygen atoms in total. The largest absolute Gasteiger partial charge is 0.464 e. The van der Waals surface area contributed by atoms with Gasteiger partial charge in [0.1, 0.15) is 6.04 Å². The van der Waals surface area contributed by atoms with Gasteiger partial charge in [-0.25, -0.2) is 4.79 Å². The normalized spacial score (nSPS) is 19.5. The predicted octanol–water partition coefficient (Wildman–Crippen LogP) is -1.06. The molecule has 0 radical (unpaired) electrons. The molecule has 1 fully saturated rings. The SMILES string of the molecule is CC(=O)NCCC(=O)NC1CCOC1=O. The summed E-state index contributed by atoms with van der Waals surface area (Å²) < 4.78 is 4.69. The highest BCUT2D eigenvalue weighted by atomic mass is 16.5. The lowest BCUT2D eigenvalue weighted by Gasteiger charge is -2.08. The summed E-state index contributed by atoms with van der Waals surface area (Å²) in [5.41, 5.74) is 0. The predicted molar refractivity (Wildman–Crippen MR) is 50.8 cm³/mol. The zero-order chi connectivity index (χ0) is 11.3. The number of cyclic esters (lactones) is 1. The van der Waals surface area contributed by atoms with E-state index >= 15 is 0 Å². The van der Waals surface area contributed by atoms with E-state index in [1.807, 2.05) is 0 Å². The number of esters is 1. The molecule has 0 aliphatic carbocycles. The monoisotopic (exact) mass is 214 g/mol. The second kappa shape index (κ2) is 5.33. The van der Waals surface area contributed by atoms with Gasteiger partial charge in [-0.2, -0.15) is 0 Å². The van der Waals surface area contributed by atoms with Gasteiger partial charge in [-0.15, -0.1) is 0 Å². The summed E-state index contributed by atoms with van der Waals surface area (Å²) in [6.45, 7) is 2.02. The van der Waals surface area contributed by atoms with E-state index in [2.05, 4.69) is 15.4 Å². The van der Waals surface area contributed by atoms with E-state index in [0.717, 1.165) is 0 Å². The van der Waals surface area contributed by atoms with Crippen LogP contribution in [-0.2, 0) is 19.1 Å². The molecule has 0 aromatic carbocycles. The Balaban J connectivity index is 2.18.